The number of nitrogens with zero attached hydrogens (tertiary/aromatic N) is 1. The minimum Gasteiger partial charge on any atom is -0.460 e. The maximum Gasteiger partial charge on any atom is 0.321 e. The van der Waals surface area contributed by atoms with E-state index in [-0.39, 0.29) is 13.2 Å². The molecule has 6 heteroatoms. The van der Waals surface area contributed by atoms with Crippen LogP contribution in [0.3, 0.4) is 0 Å². The topological polar surface area (TPSA) is 63.7 Å². The van der Waals surface area contributed by atoms with Crippen molar-refractivity contribution in [3.05, 3.63) is 47.9 Å². The Hall–Kier alpha value is -1.66. The first-order valence-corrected chi connectivity index (χ1v) is 6.74. The molecule has 0 amide bonds. The molecular formula is C12H15NO4S. The predicted octanol–water partition coefficient (Wildman–Crippen LogP) is 1.13. The molecule has 0 aliphatic rings. The molecule has 0 bridgehead atoms. The maximum atomic E-state index is 11.4. The highest BCUT2D eigenvalue weighted by Gasteiger charge is 2.17. The third kappa shape index (κ3) is 4.31. The highest BCUT2D eigenvalue weighted by molar-refractivity contribution is 7.92. The van der Waals surface area contributed by atoms with E-state index in [2.05, 4.69) is 6.58 Å². The Bertz CT molecular complexity index is 510. The number of carbonyl (C=O) groups excluding carboxylic acids is 1. The summed E-state index contributed by atoms with van der Waals surface area (Å²) >= 11 is 0. The van der Waals surface area contributed by atoms with Crippen LogP contribution >= 0.6 is 0 Å². The molecule has 98 valence electrons. The maximum absolute atomic E-state index is 11.4. The van der Waals surface area contributed by atoms with Gasteiger partial charge in [-0.1, -0.05) is 36.9 Å². The van der Waals surface area contributed by atoms with Crippen molar-refractivity contribution in [2.24, 2.45) is 0 Å². The van der Waals surface area contributed by atoms with Crippen molar-refractivity contribution in [1.29, 1.82) is 0 Å². The van der Waals surface area contributed by atoms with Gasteiger partial charge in [-0.25, -0.2) is 8.42 Å². The smallest absolute Gasteiger partial charge is 0.321 e. The van der Waals surface area contributed by atoms with E-state index in [1.54, 1.807) is 0 Å². The van der Waals surface area contributed by atoms with Gasteiger partial charge in [0.25, 0.3) is 0 Å². The van der Waals surface area contributed by atoms with Crippen LogP contribution in [-0.2, 0) is 26.2 Å². The van der Waals surface area contributed by atoms with Gasteiger partial charge in [-0.3, -0.25) is 4.79 Å². The third-order valence-electron chi connectivity index (χ3n) is 2.24. The molecule has 0 N–H and O–H groups in total. The van der Waals surface area contributed by atoms with Gasteiger partial charge in [0, 0.05) is 12.5 Å². The Morgan fingerprint density at radius 1 is 1.39 bits per heavy atom. The van der Waals surface area contributed by atoms with E-state index in [0.717, 1.165) is 15.3 Å². The zero-order valence-corrected chi connectivity index (χ0v) is 10.9. The summed E-state index contributed by atoms with van der Waals surface area (Å²) in [7, 11) is -2.29. The van der Waals surface area contributed by atoms with Crippen LogP contribution in [0.4, 0.5) is 0 Å². The van der Waals surface area contributed by atoms with Crippen LogP contribution in [0.2, 0.25) is 0 Å². The molecule has 0 saturated carbocycles. The molecule has 1 aromatic carbocycles. The van der Waals surface area contributed by atoms with E-state index in [0.29, 0.717) is 0 Å². The summed E-state index contributed by atoms with van der Waals surface area (Å²) in [6, 6.07) is 9.15. The van der Waals surface area contributed by atoms with E-state index in [9.17, 15) is 13.2 Å². The standard InChI is InChI=1S/C12H15NO4S/c1-3-18(15,16)13(2)9-12(14)17-10-11-7-5-4-6-8-11/h3-8H,1,9-10H2,2H3. The fourth-order valence-electron chi connectivity index (χ4n) is 1.18. The normalized spacial score (nSPS) is 11.2. The number of likely N-dealkylation sites (N-methyl/N-ethyl adjacent to an activating group) is 1. The number of carbonyl (C=O) groups is 1. The van der Waals surface area contributed by atoms with Gasteiger partial charge in [0.2, 0.25) is 10.0 Å². The molecule has 0 spiro atoms. The number of sulfonamides is 1. The lowest BCUT2D eigenvalue weighted by molar-refractivity contribution is -0.144. The van der Waals surface area contributed by atoms with E-state index in [1.165, 1.54) is 7.05 Å². The lowest BCUT2D eigenvalue weighted by Gasteiger charge is -2.13. The molecule has 1 rings (SSSR count). The molecule has 0 fully saturated rings. The average molecular weight is 269 g/mol. The number of hydrogen-bond donors (Lipinski definition) is 0. The Balaban J connectivity index is 2.46. The van der Waals surface area contributed by atoms with Gasteiger partial charge in [-0.05, 0) is 5.56 Å². The number of benzene rings is 1. The largest absolute Gasteiger partial charge is 0.460 e. The highest BCUT2D eigenvalue weighted by Crippen LogP contribution is 2.03. The van der Waals surface area contributed by atoms with Gasteiger partial charge >= 0.3 is 5.97 Å². The van der Waals surface area contributed by atoms with Crippen molar-refractivity contribution >= 4 is 16.0 Å². The average Bonchev–Trinajstić information content (AvgIpc) is 2.37. The SMILES string of the molecule is C=CS(=O)(=O)N(C)CC(=O)OCc1ccccc1. The second-order valence-corrected chi connectivity index (χ2v) is 5.60. The van der Waals surface area contributed by atoms with Crippen molar-refractivity contribution in [1.82, 2.24) is 4.31 Å². The van der Waals surface area contributed by atoms with E-state index in [1.807, 2.05) is 30.3 Å². The summed E-state index contributed by atoms with van der Waals surface area (Å²) < 4.78 is 28.5. The van der Waals surface area contributed by atoms with Gasteiger partial charge in [0.05, 0.1) is 0 Å². The summed E-state index contributed by atoms with van der Waals surface area (Å²) in [5.41, 5.74) is 0.847. The van der Waals surface area contributed by atoms with Crippen molar-refractivity contribution in [3.63, 3.8) is 0 Å². The first-order chi connectivity index (χ1) is 8.45. The predicted molar refractivity (Wildman–Crippen MR) is 68.0 cm³/mol. The summed E-state index contributed by atoms with van der Waals surface area (Å²) in [5.74, 6) is -0.605. The molecule has 0 heterocycles. The fourth-order valence-corrected chi connectivity index (χ4v) is 1.72. The van der Waals surface area contributed by atoms with Crippen molar-refractivity contribution in [2.45, 2.75) is 6.61 Å². The second kappa shape index (κ2) is 6.32. The second-order valence-electron chi connectivity index (χ2n) is 3.61. The van der Waals surface area contributed by atoms with Crippen molar-refractivity contribution in [2.75, 3.05) is 13.6 Å². The Morgan fingerprint density at radius 3 is 2.56 bits per heavy atom. The quantitative estimate of drug-likeness (QED) is 0.726. The highest BCUT2D eigenvalue weighted by atomic mass is 32.2. The van der Waals surface area contributed by atoms with E-state index in [4.69, 9.17) is 4.74 Å². The number of esters is 1. The molecule has 1 aromatic rings. The number of rotatable bonds is 6. The van der Waals surface area contributed by atoms with Crippen molar-refractivity contribution < 1.29 is 17.9 Å². The van der Waals surface area contributed by atoms with E-state index >= 15 is 0 Å². The molecule has 0 aromatic heterocycles. The first kappa shape index (κ1) is 14.4. The van der Waals surface area contributed by atoms with Crippen LogP contribution in [-0.4, -0.2) is 32.3 Å². The minimum absolute atomic E-state index is 0.127. The van der Waals surface area contributed by atoms with Gasteiger partial charge in [0.15, 0.2) is 0 Å². The van der Waals surface area contributed by atoms with Gasteiger partial charge in [-0.15, -0.1) is 0 Å². The van der Waals surface area contributed by atoms with Crippen LogP contribution in [0, 0.1) is 0 Å². The first-order valence-electron chi connectivity index (χ1n) is 5.24. The summed E-state index contributed by atoms with van der Waals surface area (Å²) in [6.45, 7) is 2.97. The van der Waals surface area contributed by atoms with Gasteiger partial charge in [-0.2, -0.15) is 4.31 Å². The zero-order valence-electron chi connectivity index (χ0n) is 10.1. The summed E-state index contributed by atoms with van der Waals surface area (Å²) in [5, 5.41) is 0.789. The zero-order chi connectivity index (χ0) is 13.6. The molecule has 0 aliphatic heterocycles. The Kier molecular flexibility index (Phi) is 5.06. The van der Waals surface area contributed by atoms with Gasteiger partial charge < -0.3 is 4.74 Å². The lowest BCUT2D eigenvalue weighted by atomic mass is 10.2. The van der Waals surface area contributed by atoms with Crippen LogP contribution in [0.1, 0.15) is 5.56 Å². The number of hydrogen-bond acceptors (Lipinski definition) is 4. The van der Waals surface area contributed by atoms with Crippen LogP contribution in [0.25, 0.3) is 0 Å². The fraction of sp³-hybridized carbons (Fsp3) is 0.250. The van der Waals surface area contributed by atoms with Crippen LogP contribution < -0.4 is 0 Å². The Labute approximate surface area is 107 Å². The number of ether oxygens (including phenoxy) is 1. The van der Waals surface area contributed by atoms with Gasteiger partial charge in [0.1, 0.15) is 13.2 Å². The van der Waals surface area contributed by atoms with Crippen LogP contribution in [0.5, 0.6) is 0 Å². The molecule has 18 heavy (non-hydrogen) atoms. The summed E-state index contributed by atoms with van der Waals surface area (Å²) in [6.07, 6.45) is 0. The molecule has 0 radical (unpaired) electrons. The Morgan fingerprint density at radius 2 is 2.00 bits per heavy atom. The molecule has 0 aliphatic carbocycles. The van der Waals surface area contributed by atoms with E-state index < -0.39 is 16.0 Å². The molecule has 0 atom stereocenters. The lowest BCUT2D eigenvalue weighted by Crippen LogP contribution is -2.31. The van der Waals surface area contributed by atoms with Crippen molar-refractivity contribution in [3.8, 4) is 0 Å². The minimum atomic E-state index is -3.58. The molecule has 0 saturated heterocycles. The molecule has 0 unspecified atom stereocenters. The third-order valence-corrected chi connectivity index (χ3v) is 3.66. The summed E-state index contributed by atoms with van der Waals surface area (Å²) in [4.78, 5) is 11.4. The van der Waals surface area contributed by atoms with Crippen LogP contribution in [0.15, 0.2) is 42.3 Å². The monoisotopic (exact) mass is 269 g/mol. The molecule has 5 nitrogen and oxygen atoms in total. The molecular weight excluding hydrogens is 254 g/mol.